The van der Waals surface area contributed by atoms with Gasteiger partial charge in [0.1, 0.15) is 0 Å². The van der Waals surface area contributed by atoms with E-state index >= 15 is 0 Å². The fourth-order valence-corrected chi connectivity index (χ4v) is 2.79. The van der Waals surface area contributed by atoms with Crippen molar-refractivity contribution in [2.75, 3.05) is 26.2 Å². The average molecular weight is 312 g/mol. The smallest absolute Gasteiger partial charge is 0.0410 e. The topological polar surface area (TPSA) is 28.2 Å². The Morgan fingerprint density at radius 3 is 2.67 bits per heavy atom. The summed E-state index contributed by atoms with van der Waals surface area (Å²) in [5, 5.41) is 3.49. The molecule has 0 amide bonds. The molecule has 0 aliphatic carbocycles. The van der Waals surface area contributed by atoms with E-state index in [2.05, 4.69) is 37.2 Å². The van der Waals surface area contributed by atoms with Crippen LogP contribution in [-0.4, -0.2) is 36.1 Å². The maximum Gasteiger partial charge on any atom is 0.0410 e. The minimum Gasteiger partial charge on any atom is -0.311 e. The summed E-state index contributed by atoms with van der Waals surface area (Å²) in [4.78, 5) is 6.75. The largest absolute Gasteiger partial charge is 0.311 e. The molecule has 18 heavy (non-hydrogen) atoms. The first-order valence-electron chi connectivity index (χ1n) is 6.87. The van der Waals surface area contributed by atoms with Crippen molar-refractivity contribution >= 4 is 15.9 Å². The molecule has 0 saturated carbocycles. The van der Waals surface area contributed by atoms with E-state index in [1.54, 1.807) is 0 Å². The quantitative estimate of drug-likeness (QED) is 0.848. The summed E-state index contributed by atoms with van der Waals surface area (Å²) < 4.78 is 1.05. The van der Waals surface area contributed by atoms with Crippen molar-refractivity contribution in [2.24, 2.45) is 0 Å². The van der Waals surface area contributed by atoms with Gasteiger partial charge in [-0.1, -0.05) is 12.8 Å². The van der Waals surface area contributed by atoms with Crippen LogP contribution < -0.4 is 5.32 Å². The third-order valence-electron chi connectivity index (χ3n) is 3.39. The molecular weight excluding hydrogens is 290 g/mol. The maximum absolute atomic E-state index is 4.17. The lowest BCUT2D eigenvalue weighted by Crippen LogP contribution is -2.32. The van der Waals surface area contributed by atoms with Gasteiger partial charge in [-0.3, -0.25) is 4.98 Å². The molecular formula is C14H22BrN3. The maximum atomic E-state index is 4.17. The van der Waals surface area contributed by atoms with Crippen LogP contribution in [0.4, 0.5) is 0 Å². The summed E-state index contributed by atoms with van der Waals surface area (Å²) in [7, 11) is 0. The molecule has 1 aromatic rings. The Hall–Kier alpha value is -0.450. The standard InChI is InChI=1S/C14H22BrN3/c15-14-9-13(11-17-12-14)10-16-5-8-18-6-3-1-2-4-7-18/h9,11-12,16H,1-8,10H2. The molecule has 4 heteroatoms. The Morgan fingerprint density at radius 1 is 1.17 bits per heavy atom. The SMILES string of the molecule is Brc1cncc(CNCCN2CCCCCC2)c1. The molecule has 2 heterocycles. The van der Waals surface area contributed by atoms with Crippen molar-refractivity contribution in [3.05, 3.63) is 28.5 Å². The highest BCUT2D eigenvalue weighted by Gasteiger charge is 2.07. The molecule has 1 fully saturated rings. The van der Waals surface area contributed by atoms with Crippen molar-refractivity contribution in [3.63, 3.8) is 0 Å². The van der Waals surface area contributed by atoms with E-state index in [1.807, 2.05) is 12.4 Å². The van der Waals surface area contributed by atoms with Crippen molar-refractivity contribution in [1.82, 2.24) is 15.2 Å². The minimum absolute atomic E-state index is 0.903. The Balaban J connectivity index is 1.63. The fraction of sp³-hybridized carbons (Fsp3) is 0.643. The van der Waals surface area contributed by atoms with Crippen LogP contribution in [0.2, 0.25) is 0 Å². The zero-order chi connectivity index (χ0) is 12.6. The summed E-state index contributed by atoms with van der Waals surface area (Å²) in [6, 6.07) is 2.12. The van der Waals surface area contributed by atoms with Crippen molar-refractivity contribution in [3.8, 4) is 0 Å². The highest BCUT2D eigenvalue weighted by molar-refractivity contribution is 9.10. The van der Waals surface area contributed by atoms with Crippen LogP contribution in [0.25, 0.3) is 0 Å². The summed E-state index contributed by atoms with van der Waals surface area (Å²) in [5.74, 6) is 0. The second-order valence-corrected chi connectivity index (χ2v) is 5.86. The van der Waals surface area contributed by atoms with Gasteiger partial charge in [0.25, 0.3) is 0 Å². The van der Waals surface area contributed by atoms with Crippen LogP contribution in [0, 0.1) is 0 Å². The van der Waals surface area contributed by atoms with Crippen LogP contribution in [0.5, 0.6) is 0 Å². The lowest BCUT2D eigenvalue weighted by molar-refractivity contribution is 0.284. The average Bonchev–Trinajstić information content (AvgIpc) is 2.63. The molecule has 1 N–H and O–H groups in total. The van der Waals surface area contributed by atoms with E-state index in [1.165, 1.54) is 50.9 Å². The normalized spacial score (nSPS) is 17.6. The van der Waals surface area contributed by atoms with Gasteiger partial charge in [-0.2, -0.15) is 0 Å². The number of rotatable bonds is 5. The predicted octanol–water partition coefficient (Wildman–Crippen LogP) is 2.81. The van der Waals surface area contributed by atoms with E-state index < -0.39 is 0 Å². The van der Waals surface area contributed by atoms with Gasteiger partial charge in [0, 0.05) is 36.5 Å². The number of hydrogen-bond donors (Lipinski definition) is 1. The van der Waals surface area contributed by atoms with Crippen molar-refractivity contribution < 1.29 is 0 Å². The highest BCUT2D eigenvalue weighted by Crippen LogP contribution is 2.10. The molecule has 0 radical (unpaired) electrons. The Bertz CT molecular complexity index is 349. The monoisotopic (exact) mass is 311 g/mol. The first kappa shape index (κ1) is 14.0. The second kappa shape index (κ2) is 7.87. The number of pyridine rings is 1. The van der Waals surface area contributed by atoms with Crippen molar-refractivity contribution in [2.45, 2.75) is 32.2 Å². The van der Waals surface area contributed by atoms with Gasteiger partial charge in [-0.15, -0.1) is 0 Å². The van der Waals surface area contributed by atoms with E-state index in [0.29, 0.717) is 0 Å². The Labute approximate surface area is 118 Å². The number of likely N-dealkylation sites (tertiary alicyclic amines) is 1. The summed E-state index contributed by atoms with van der Waals surface area (Å²) in [5.41, 5.74) is 1.24. The van der Waals surface area contributed by atoms with Gasteiger partial charge in [0.05, 0.1) is 0 Å². The van der Waals surface area contributed by atoms with Gasteiger partial charge in [0.2, 0.25) is 0 Å². The number of nitrogens with one attached hydrogen (secondary N) is 1. The van der Waals surface area contributed by atoms with Crippen molar-refractivity contribution in [1.29, 1.82) is 0 Å². The number of halogens is 1. The van der Waals surface area contributed by atoms with Crippen LogP contribution in [0.15, 0.2) is 22.9 Å². The molecule has 2 rings (SSSR count). The van der Waals surface area contributed by atoms with Crippen LogP contribution in [0.3, 0.4) is 0 Å². The fourth-order valence-electron chi connectivity index (χ4n) is 2.38. The first-order chi connectivity index (χ1) is 8.84. The molecule has 0 aromatic carbocycles. The van der Waals surface area contributed by atoms with Crippen LogP contribution in [0.1, 0.15) is 31.2 Å². The third kappa shape index (κ3) is 5.04. The predicted molar refractivity (Wildman–Crippen MR) is 78.6 cm³/mol. The van der Waals surface area contributed by atoms with E-state index in [-0.39, 0.29) is 0 Å². The van der Waals surface area contributed by atoms with E-state index in [0.717, 1.165) is 17.6 Å². The van der Waals surface area contributed by atoms with Crippen LogP contribution >= 0.6 is 15.9 Å². The van der Waals surface area contributed by atoms with Gasteiger partial charge in [-0.05, 0) is 53.5 Å². The molecule has 0 spiro atoms. The second-order valence-electron chi connectivity index (χ2n) is 4.94. The molecule has 0 bridgehead atoms. The van der Waals surface area contributed by atoms with E-state index in [9.17, 15) is 0 Å². The molecule has 1 saturated heterocycles. The molecule has 1 aliphatic heterocycles. The van der Waals surface area contributed by atoms with Gasteiger partial charge >= 0.3 is 0 Å². The third-order valence-corrected chi connectivity index (χ3v) is 3.83. The number of nitrogens with zero attached hydrogens (tertiary/aromatic N) is 2. The zero-order valence-electron chi connectivity index (χ0n) is 10.9. The van der Waals surface area contributed by atoms with Crippen LogP contribution in [-0.2, 0) is 6.54 Å². The molecule has 3 nitrogen and oxygen atoms in total. The zero-order valence-corrected chi connectivity index (χ0v) is 12.5. The summed E-state index contributed by atoms with van der Waals surface area (Å²) in [6.45, 7) is 5.69. The minimum atomic E-state index is 0.903. The summed E-state index contributed by atoms with van der Waals surface area (Å²) >= 11 is 3.44. The molecule has 0 unspecified atom stereocenters. The van der Waals surface area contributed by atoms with Gasteiger partial charge in [0.15, 0.2) is 0 Å². The Kier molecular flexibility index (Phi) is 6.11. The molecule has 0 atom stereocenters. The lowest BCUT2D eigenvalue weighted by atomic mass is 10.2. The Morgan fingerprint density at radius 2 is 1.94 bits per heavy atom. The molecule has 1 aliphatic rings. The van der Waals surface area contributed by atoms with E-state index in [4.69, 9.17) is 0 Å². The number of aromatic nitrogens is 1. The lowest BCUT2D eigenvalue weighted by Gasteiger charge is -2.19. The molecule has 100 valence electrons. The summed E-state index contributed by atoms with van der Waals surface area (Å²) in [6.07, 6.45) is 9.30. The number of hydrogen-bond acceptors (Lipinski definition) is 3. The van der Waals surface area contributed by atoms with Gasteiger partial charge in [-0.25, -0.2) is 0 Å². The first-order valence-corrected chi connectivity index (χ1v) is 7.66. The molecule has 1 aromatic heterocycles. The highest BCUT2D eigenvalue weighted by atomic mass is 79.9. The van der Waals surface area contributed by atoms with Gasteiger partial charge < -0.3 is 10.2 Å².